The smallest absolute Gasteiger partial charge is 0.293 e. The van der Waals surface area contributed by atoms with Gasteiger partial charge in [0.2, 0.25) is 0 Å². The lowest BCUT2D eigenvalue weighted by Crippen LogP contribution is -2.26. The van der Waals surface area contributed by atoms with Crippen LogP contribution in [0.25, 0.3) is 0 Å². The number of amides is 1. The fourth-order valence-electron chi connectivity index (χ4n) is 1.82. The topological polar surface area (TPSA) is 98.1 Å². The van der Waals surface area contributed by atoms with Crippen LogP contribution < -0.4 is 10.9 Å². The number of aryl methyl sites for hydroxylation is 1. The second kappa shape index (κ2) is 6.10. The number of hydrogen-bond acceptors (Lipinski definition) is 5. The number of sulfone groups is 1. The molecule has 0 bridgehead atoms. The zero-order valence-corrected chi connectivity index (χ0v) is 12.9. The summed E-state index contributed by atoms with van der Waals surface area (Å²) in [4.78, 5) is 28.0. The van der Waals surface area contributed by atoms with Crippen molar-refractivity contribution in [2.75, 3.05) is 11.6 Å². The monoisotopic (exact) mass is 321 g/mol. The second-order valence-corrected chi connectivity index (χ2v) is 6.63. The fraction of sp³-hybridized carbons (Fsp3) is 0.214. The van der Waals surface area contributed by atoms with Crippen LogP contribution in [0.15, 0.2) is 46.3 Å². The van der Waals surface area contributed by atoms with E-state index in [0.29, 0.717) is 6.54 Å². The quantitative estimate of drug-likeness (QED) is 0.903. The average molecular weight is 321 g/mol. The average Bonchev–Trinajstić information content (AvgIpc) is 2.48. The zero-order valence-electron chi connectivity index (χ0n) is 12.1. The van der Waals surface area contributed by atoms with E-state index in [0.717, 1.165) is 6.26 Å². The molecule has 116 valence electrons. The molecule has 0 aliphatic rings. The minimum atomic E-state index is -3.32. The number of benzene rings is 1. The Kier molecular flexibility index (Phi) is 4.41. The van der Waals surface area contributed by atoms with Crippen LogP contribution in [0, 0.1) is 0 Å². The van der Waals surface area contributed by atoms with Crippen molar-refractivity contribution in [3.63, 3.8) is 0 Å². The van der Waals surface area contributed by atoms with Gasteiger partial charge in [0.25, 0.3) is 11.5 Å². The Morgan fingerprint density at radius 2 is 1.91 bits per heavy atom. The maximum absolute atomic E-state index is 12.1. The third-order valence-electron chi connectivity index (χ3n) is 3.03. The van der Waals surface area contributed by atoms with E-state index in [-0.39, 0.29) is 16.3 Å². The number of rotatable bonds is 4. The Labute approximate surface area is 127 Å². The molecule has 22 heavy (non-hydrogen) atoms. The lowest BCUT2D eigenvalue weighted by molar-refractivity contribution is 0.102. The van der Waals surface area contributed by atoms with Crippen LogP contribution in [-0.4, -0.2) is 30.1 Å². The first kappa shape index (κ1) is 15.9. The van der Waals surface area contributed by atoms with Crippen LogP contribution in [0.3, 0.4) is 0 Å². The molecule has 0 aliphatic carbocycles. The summed E-state index contributed by atoms with van der Waals surface area (Å²) < 4.78 is 24.1. The van der Waals surface area contributed by atoms with Crippen molar-refractivity contribution in [2.45, 2.75) is 18.4 Å². The Hall–Kier alpha value is -2.48. The normalized spacial score (nSPS) is 11.2. The highest BCUT2D eigenvalue weighted by Gasteiger charge is 2.12. The Morgan fingerprint density at radius 1 is 1.27 bits per heavy atom. The summed E-state index contributed by atoms with van der Waals surface area (Å²) in [5.41, 5.74) is -0.161. The van der Waals surface area contributed by atoms with E-state index in [2.05, 4.69) is 10.3 Å². The predicted octanol–water partition coefficient (Wildman–Crippen LogP) is 0.919. The molecular formula is C14H15N3O4S. The van der Waals surface area contributed by atoms with Crippen molar-refractivity contribution in [3.05, 3.63) is 52.6 Å². The summed E-state index contributed by atoms with van der Waals surface area (Å²) in [6.45, 7) is 2.27. The molecule has 2 rings (SSSR count). The molecule has 1 heterocycles. The molecule has 0 saturated heterocycles. The number of aromatic nitrogens is 2. The van der Waals surface area contributed by atoms with Crippen LogP contribution in [0.1, 0.15) is 17.3 Å². The highest BCUT2D eigenvalue weighted by molar-refractivity contribution is 7.90. The molecule has 0 unspecified atom stereocenters. The first-order chi connectivity index (χ1) is 10.3. The standard InChI is InChI=1S/C14H15N3O4S/c1-3-17-9-8-15-12(14(17)19)16-13(18)10-4-6-11(7-5-10)22(2,20)21/h4-9H,3H2,1-2H3,(H,15,16,18). The molecule has 0 radical (unpaired) electrons. The van der Waals surface area contributed by atoms with Crippen molar-refractivity contribution in [2.24, 2.45) is 0 Å². The molecule has 8 heteroatoms. The Morgan fingerprint density at radius 3 is 2.45 bits per heavy atom. The summed E-state index contributed by atoms with van der Waals surface area (Å²) in [6, 6.07) is 5.44. The lowest BCUT2D eigenvalue weighted by Gasteiger charge is -2.07. The molecule has 2 aromatic rings. The van der Waals surface area contributed by atoms with Crippen molar-refractivity contribution in [1.29, 1.82) is 0 Å². The minimum absolute atomic E-state index is 0.0680. The van der Waals surface area contributed by atoms with E-state index in [1.165, 1.54) is 41.2 Å². The highest BCUT2D eigenvalue weighted by atomic mass is 32.2. The summed E-state index contributed by atoms with van der Waals surface area (Å²) in [5, 5.41) is 2.43. The third-order valence-corrected chi connectivity index (χ3v) is 4.16. The SMILES string of the molecule is CCn1ccnc(NC(=O)c2ccc(S(C)(=O)=O)cc2)c1=O. The van der Waals surface area contributed by atoms with Crippen molar-refractivity contribution < 1.29 is 13.2 Å². The van der Waals surface area contributed by atoms with Crippen molar-refractivity contribution >= 4 is 21.6 Å². The van der Waals surface area contributed by atoms with Gasteiger partial charge in [-0.3, -0.25) is 9.59 Å². The Balaban J connectivity index is 2.25. The van der Waals surface area contributed by atoms with Crippen LogP contribution in [-0.2, 0) is 16.4 Å². The maximum atomic E-state index is 12.1. The molecule has 0 aliphatic heterocycles. The van der Waals surface area contributed by atoms with E-state index in [9.17, 15) is 18.0 Å². The number of nitrogens with one attached hydrogen (secondary N) is 1. The van der Waals surface area contributed by atoms with Gasteiger partial charge >= 0.3 is 0 Å². The minimum Gasteiger partial charge on any atom is -0.311 e. The molecule has 0 atom stereocenters. The van der Waals surface area contributed by atoms with Gasteiger partial charge < -0.3 is 9.88 Å². The first-order valence-corrected chi connectivity index (χ1v) is 8.39. The molecule has 7 nitrogen and oxygen atoms in total. The van der Waals surface area contributed by atoms with E-state index < -0.39 is 21.3 Å². The molecule has 1 aromatic heterocycles. The molecule has 0 spiro atoms. The van der Waals surface area contributed by atoms with Gasteiger partial charge in [-0.25, -0.2) is 13.4 Å². The first-order valence-electron chi connectivity index (χ1n) is 6.50. The van der Waals surface area contributed by atoms with Gasteiger partial charge in [0, 0.05) is 30.8 Å². The molecule has 0 fully saturated rings. The van der Waals surface area contributed by atoms with E-state index >= 15 is 0 Å². The van der Waals surface area contributed by atoms with Gasteiger partial charge in [-0.1, -0.05) is 0 Å². The summed E-state index contributed by atoms with van der Waals surface area (Å²) in [6.07, 6.45) is 4.04. The number of carbonyl (C=O) groups is 1. The van der Waals surface area contributed by atoms with Gasteiger partial charge in [0.05, 0.1) is 4.90 Å². The van der Waals surface area contributed by atoms with Crippen LogP contribution in [0.4, 0.5) is 5.82 Å². The molecule has 1 aromatic carbocycles. The fourth-order valence-corrected chi connectivity index (χ4v) is 2.45. The summed E-state index contributed by atoms with van der Waals surface area (Å²) >= 11 is 0. The molecule has 0 saturated carbocycles. The van der Waals surface area contributed by atoms with Crippen molar-refractivity contribution in [3.8, 4) is 0 Å². The van der Waals surface area contributed by atoms with Gasteiger partial charge in [-0.2, -0.15) is 0 Å². The van der Waals surface area contributed by atoms with Crippen molar-refractivity contribution in [1.82, 2.24) is 9.55 Å². The van der Waals surface area contributed by atoms with Gasteiger partial charge in [-0.05, 0) is 31.2 Å². The van der Waals surface area contributed by atoms with E-state index in [1.807, 2.05) is 0 Å². The zero-order chi connectivity index (χ0) is 16.3. The third kappa shape index (κ3) is 3.40. The van der Waals surface area contributed by atoms with Gasteiger partial charge in [0.1, 0.15) is 0 Å². The van der Waals surface area contributed by atoms with Gasteiger partial charge in [-0.15, -0.1) is 0 Å². The lowest BCUT2D eigenvalue weighted by atomic mass is 10.2. The maximum Gasteiger partial charge on any atom is 0.293 e. The van der Waals surface area contributed by atoms with Crippen LogP contribution in [0.5, 0.6) is 0 Å². The Bertz CT molecular complexity index is 854. The number of carbonyl (C=O) groups excluding carboxylic acids is 1. The van der Waals surface area contributed by atoms with Gasteiger partial charge in [0.15, 0.2) is 15.7 Å². The van der Waals surface area contributed by atoms with E-state index in [4.69, 9.17) is 0 Å². The number of nitrogens with zero attached hydrogens (tertiary/aromatic N) is 2. The molecule has 1 N–H and O–H groups in total. The molecule has 1 amide bonds. The summed E-state index contributed by atoms with van der Waals surface area (Å²) in [5.74, 6) is -0.597. The largest absolute Gasteiger partial charge is 0.311 e. The summed E-state index contributed by atoms with van der Waals surface area (Å²) in [7, 11) is -3.32. The second-order valence-electron chi connectivity index (χ2n) is 4.62. The molecular weight excluding hydrogens is 306 g/mol. The predicted molar refractivity (Wildman–Crippen MR) is 81.7 cm³/mol. The number of hydrogen-bond donors (Lipinski definition) is 1. The van der Waals surface area contributed by atoms with Crippen LogP contribution in [0.2, 0.25) is 0 Å². The van der Waals surface area contributed by atoms with E-state index in [1.54, 1.807) is 6.92 Å². The van der Waals surface area contributed by atoms with Crippen LogP contribution >= 0.6 is 0 Å². The highest BCUT2D eigenvalue weighted by Crippen LogP contribution is 2.11. The number of anilines is 1.